The zero-order valence-electron chi connectivity index (χ0n) is 13.5. The summed E-state index contributed by atoms with van der Waals surface area (Å²) >= 11 is 0. The van der Waals surface area contributed by atoms with Gasteiger partial charge in [0.15, 0.2) is 6.79 Å². The molecule has 0 aromatic rings. The Balaban J connectivity index is -0.000000116. The molecule has 128 valence electrons. The second kappa shape index (κ2) is 21.0. The minimum Gasteiger partial charge on any atom is -0.550 e. The predicted octanol–water partition coefficient (Wildman–Crippen LogP) is -2.67. The molecule has 0 atom stereocenters. The fourth-order valence-electron chi connectivity index (χ4n) is 0.755. The molecule has 10 heteroatoms. The van der Waals surface area contributed by atoms with E-state index in [0.29, 0.717) is 6.42 Å². The van der Waals surface area contributed by atoms with Crippen molar-refractivity contribution >= 4 is 67.2 Å². The third kappa shape index (κ3) is 44.9. The van der Waals surface area contributed by atoms with Gasteiger partial charge in [0.25, 0.3) is 0 Å². The van der Waals surface area contributed by atoms with E-state index in [9.17, 15) is 34.2 Å². The van der Waals surface area contributed by atoms with Crippen molar-refractivity contribution in [2.45, 2.75) is 46.5 Å². The van der Waals surface area contributed by atoms with Crippen LogP contribution in [0, 0.1) is 0 Å². The second-order valence-corrected chi connectivity index (χ2v) is 3.90. The third-order valence-electron chi connectivity index (χ3n) is 1.47. The Labute approximate surface area is 164 Å². The fraction of sp³-hybridized carbons (Fsp3) is 0.615. The molecule has 23 heavy (non-hydrogen) atoms. The Morgan fingerprint density at radius 1 is 0.913 bits per heavy atom. The summed E-state index contributed by atoms with van der Waals surface area (Å²) < 4.78 is 4.20. The Morgan fingerprint density at radius 2 is 1.26 bits per heavy atom. The smallest absolute Gasteiger partial charge is 0.550 e. The van der Waals surface area contributed by atoms with Crippen LogP contribution in [0.1, 0.15) is 46.5 Å². The van der Waals surface area contributed by atoms with Crippen molar-refractivity contribution in [1.29, 1.82) is 0 Å². The minimum atomic E-state index is -1.31. The van der Waals surface area contributed by atoms with E-state index in [2.05, 4.69) is 4.74 Å². The molecule has 0 fully saturated rings. The van der Waals surface area contributed by atoms with Gasteiger partial charge < -0.3 is 29.6 Å². The zero-order chi connectivity index (χ0) is 18.1. The summed E-state index contributed by atoms with van der Waals surface area (Å²) in [5, 5.41) is 27.0. The average molecular weight is 360 g/mol. The topological polar surface area (TPSA) is 161 Å². The van der Waals surface area contributed by atoms with Crippen LogP contribution in [0.15, 0.2) is 0 Å². The molecule has 0 saturated heterocycles. The van der Waals surface area contributed by atoms with E-state index in [1.165, 1.54) is 13.8 Å². The van der Waals surface area contributed by atoms with Gasteiger partial charge >= 0.3 is 43.7 Å². The van der Waals surface area contributed by atoms with Crippen molar-refractivity contribution in [2.24, 2.45) is 0 Å². The number of aliphatic hydroxyl groups excluding tert-OH is 1. The summed E-state index contributed by atoms with van der Waals surface area (Å²) in [5.41, 5.74) is 0. The van der Waals surface area contributed by atoms with Crippen LogP contribution in [0.3, 0.4) is 0 Å². The van der Waals surface area contributed by atoms with E-state index in [-0.39, 0.29) is 55.3 Å². The van der Waals surface area contributed by atoms with Crippen LogP contribution in [0.5, 0.6) is 0 Å². The number of Topliss-reactive ketones (excluding diaryl/α,β-unsaturated/α-hetero) is 2. The molecule has 0 amide bonds. The molecule has 0 aliphatic carbocycles. The first-order chi connectivity index (χ1) is 10.1. The van der Waals surface area contributed by atoms with E-state index in [1.807, 2.05) is 6.92 Å². The molecule has 1 N–H and O–H groups in total. The Morgan fingerprint density at radius 3 is 1.39 bits per heavy atom. The summed E-state index contributed by atoms with van der Waals surface area (Å²) in [7, 11) is 0. The van der Waals surface area contributed by atoms with Gasteiger partial charge in [-0.3, -0.25) is 14.4 Å². The molecular formula is C13H20CaO9. The quantitative estimate of drug-likeness (QED) is 0.221. The molecule has 0 radical (unpaired) electrons. The minimum absolute atomic E-state index is 0. The van der Waals surface area contributed by atoms with Crippen LogP contribution < -0.4 is 10.2 Å². The number of carboxylic acid groups (broad SMARTS) is 2. The molecule has 0 aliphatic rings. The summed E-state index contributed by atoms with van der Waals surface area (Å²) in [6.07, 6.45) is 0.208. The van der Waals surface area contributed by atoms with E-state index in [0.717, 1.165) is 6.42 Å². The van der Waals surface area contributed by atoms with E-state index in [4.69, 9.17) is 5.11 Å². The molecule has 0 rings (SSSR count). The molecule has 0 heterocycles. The monoisotopic (exact) mass is 360 g/mol. The van der Waals surface area contributed by atoms with Crippen LogP contribution >= 0.6 is 0 Å². The summed E-state index contributed by atoms with van der Waals surface area (Å²) in [6.45, 7) is 3.78. The van der Waals surface area contributed by atoms with Crippen molar-refractivity contribution in [3.8, 4) is 0 Å². The van der Waals surface area contributed by atoms with Crippen LogP contribution in [-0.4, -0.2) is 79.1 Å². The van der Waals surface area contributed by atoms with Crippen LogP contribution in [0.4, 0.5) is 0 Å². The van der Waals surface area contributed by atoms with Crippen LogP contribution in [0.2, 0.25) is 0 Å². The number of carbonyl (C=O) groups excluding carboxylic acids is 5. The number of hydrogen-bond acceptors (Lipinski definition) is 9. The average Bonchev–Trinajstić information content (AvgIpc) is 2.26. The molecular weight excluding hydrogens is 340 g/mol. The van der Waals surface area contributed by atoms with Gasteiger partial charge in [0.05, 0.1) is 0 Å². The number of ether oxygens (including phenoxy) is 1. The molecule has 0 spiro atoms. The number of carbonyl (C=O) groups is 5. The molecule has 0 bridgehead atoms. The van der Waals surface area contributed by atoms with Crippen molar-refractivity contribution in [3.63, 3.8) is 0 Å². The van der Waals surface area contributed by atoms with Gasteiger partial charge in [-0.15, -0.1) is 0 Å². The van der Waals surface area contributed by atoms with Gasteiger partial charge in [-0.05, 0) is 20.3 Å². The largest absolute Gasteiger partial charge is 2.00 e. The maximum absolute atomic E-state index is 10.3. The Kier molecular flexibility index (Phi) is 27.3. The number of aliphatic carboxylic acids is 2. The van der Waals surface area contributed by atoms with Crippen molar-refractivity contribution < 1.29 is 44.0 Å². The third-order valence-corrected chi connectivity index (χ3v) is 1.47. The van der Waals surface area contributed by atoms with Gasteiger partial charge in [0, 0.05) is 31.2 Å². The fourth-order valence-corrected chi connectivity index (χ4v) is 0.755. The van der Waals surface area contributed by atoms with Gasteiger partial charge in [-0.1, -0.05) is 6.92 Å². The molecule has 0 aromatic heterocycles. The standard InChI is InChI=1S/C5H10O3.2C4H6O3.Ca/c1-2-3-5(7)8-4-6;2*1-3(5)2-4(6)7;/h6H,2-4H2,1H3;2*2H2,1H3,(H,6,7);/q;;;+2/p-2. The van der Waals surface area contributed by atoms with E-state index >= 15 is 0 Å². The molecule has 9 nitrogen and oxygen atoms in total. The Hall–Kier alpha value is -1.03. The number of esters is 1. The second-order valence-electron chi connectivity index (χ2n) is 3.90. The van der Waals surface area contributed by atoms with Gasteiger partial charge in [-0.25, -0.2) is 0 Å². The number of carboxylic acids is 2. The maximum Gasteiger partial charge on any atom is 2.00 e. The molecule has 0 aromatic carbocycles. The first-order valence-electron chi connectivity index (χ1n) is 6.21. The zero-order valence-corrected chi connectivity index (χ0v) is 15.7. The van der Waals surface area contributed by atoms with Gasteiger partial charge in [0.2, 0.25) is 0 Å². The van der Waals surface area contributed by atoms with Gasteiger partial charge in [0.1, 0.15) is 11.6 Å². The number of ketones is 2. The van der Waals surface area contributed by atoms with Crippen molar-refractivity contribution in [3.05, 3.63) is 0 Å². The van der Waals surface area contributed by atoms with Gasteiger partial charge in [-0.2, -0.15) is 0 Å². The Bertz CT molecular complexity index is 322. The summed E-state index contributed by atoms with van der Waals surface area (Å²) in [6, 6.07) is 0. The molecule has 0 unspecified atom stereocenters. The van der Waals surface area contributed by atoms with E-state index in [1.54, 1.807) is 0 Å². The van der Waals surface area contributed by atoms with Crippen LogP contribution in [0.25, 0.3) is 0 Å². The van der Waals surface area contributed by atoms with E-state index < -0.39 is 31.6 Å². The predicted molar refractivity (Wildman–Crippen MR) is 74.4 cm³/mol. The van der Waals surface area contributed by atoms with Crippen molar-refractivity contribution in [2.75, 3.05) is 6.79 Å². The number of rotatable bonds is 7. The normalized spacial score (nSPS) is 8.00. The summed E-state index contributed by atoms with van der Waals surface area (Å²) in [4.78, 5) is 48.9. The number of hydrogen-bond donors (Lipinski definition) is 1. The first-order valence-corrected chi connectivity index (χ1v) is 6.21. The maximum atomic E-state index is 10.3. The SMILES string of the molecule is CC(=O)CC(=O)[O-].CC(=O)CC(=O)[O-].CCCC(=O)OCO.[Ca+2]. The van der Waals surface area contributed by atoms with Crippen molar-refractivity contribution in [1.82, 2.24) is 0 Å². The molecule has 0 saturated carbocycles. The summed E-state index contributed by atoms with van der Waals surface area (Å²) in [5.74, 6) is -3.71. The number of aliphatic hydroxyl groups is 1. The first kappa shape index (κ1) is 29.9. The van der Waals surface area contributed by atoms with Crippen LogP contribution in [-0.2, 0) is 28.7 Å². The molecule has 0 aliphatic heterocycles.